The van der Waals surface area contributed by atoms with Crippen molar-refractivity contribution < 1.29 is 9.59 Å². The second-order valence-electron chi connectivity index (χ2n) is 5.02. The summed E-state index contributed by atoms with van der Waals surface area (Å²) in [5.74, 6) is -0.224. The number of halogens is 1. The van der Waals surface area contributed by atoms with Gasteiger partial charge in [0.2, 0.25) is 11.8 Å². The first kappa shape index (κ1) is 16.8. The minimum absolute atomic E-state index is 0.106. The molecule has 23 heavy (non-hydrogen) atoms. The van der Waals surface area contributed by atoms with Gasteiger partial charge in [-0.1, -0.05) is 23.7 Å². The first-order valence-corrected chi connectivity index (χ1v) is 7.53. The lowest BCUT2D eigenvalue weighted by atomic mass is 10.2. The van der Waals surface area contributed by atoms with Gasteiger partial charge in [0.05, 0.1) is 6.54 Å². The van der Waals surface area contributed by atoms with Gasteiger partial charge in [-0.15, -0.1) is 0 Å². The summed E-state index contributed by atoms with van der Waals surface area (Å²) in [6, 6.07) is 14.5. The molecule has 0 aromatic heterocycles. The van der Waals surface area contributed by atoms with Gasteiger partial charge in [-0.3, -0.25) is 9.59 Å². The summed E-state index contributed by atoms with van der Waals surface area (Å²) < 4.78 is 0. The van der Waals surface area contributed by atoms with Crippen molar-refractivity contribution in [2.45, 2.75) is 13.5 Å². The average Bonchev–Trinajstić information content (AvgIpc) is 2.53. The molecule has 0 saturated carbocycles. The van der Waals surface area contributed by atoms with E-state index in [4.69, 9.17) is 11.6 Å². The van der Waals surface area contributed by atoms with Gasteiger partial charge in [0.15, 0.2) is 0 Å². The van der Waals surface area contributed by atoms with Crippen LogP contribution in [0.4, 0.5) is 11.4 Å². The number of benzene rings is 2. The number of amides is 2. The van der Waals surface area contributed by atoms with Gasteiger partial charge in [0.25, 0.3) is 0 Å². The second kappa shape index (κ2) is 8.19. The summed E-state index contributed by atoms with van der Waals surface area (Å²) in [7, 11) is 0. The van der Waals surface area contributed by atoms with Crippen LogP contribution in [0.25, 0.3) is 0 Å². The van der Waals surface area contributed by atoms with Crippen molar-refractivity contribution in [1.29, 1.82) is 0 Å². The molecule has 0 bridgehead atoms. The van der Waals surface area contributed by atoms with E-state index in [1.807, 2.05) is 12.1 Å². The normalized spacial score (nSPS) is 10.0. The van der Waals surface area contributed by atoms with Crippen LogP contribution >= 0.6 is 11.6 Å². The maximum absolute atomic E-state index is 11.8. The molecule has 0 aliphatic heterocycles. The Morgan fingerprint density at radius 1 is 0.957 bits per heavy atom. The molecular formula is C17H18ClN3O2. The lowest BCUT2D eigenvalue weighted by Crippen LogP contribution is -2.29. The molecule has 3 N–H and O–H groups in total. The topological polar surface area (TPSA) is 70.2 Å². The Kier molecular flexibility index (Phi) is 6.00. The van der Waals surface area contributed by atoms with Crippen molar-refractivity contribution in [3.05, 3.63) is 59.1 Å². The largest absolute Gasteiger partial charge is 0.376 e. The molecular weight excluding hydrogens is 314 g/mol. The molecule has 0 aliphatic carbocycles. The molecule has 2 aromatic carbocycles. The van der Waals surface area contributed by atoms with Crippen LogP contribution in [0, 0.1) is 0 Å². The molecule has 2 aromatic rings. The van der Waals surface area contributed by atoms with E-state index in [0.717, 1.165) is 16.9 Å². The molecule has 0 radical (unpaired) electrons. The summed E-state index contributed by atoms with van der Waals surface area (Å²) in [6.07, 6.45) is 0. The highest BCUT2D eigenvalue weighted by molar-refractivity contribution is 6.30. The number of carbonyl (C=O) groups excluding carboxylic acids is 2. The molecule has 6 heteroatoms. The maximum atomic E-state index is 11.8. The summed E-state index contributed by atoms with van der Waals surface area (Å²) >= 11 is 5.81. The lowest BCUT2D eigenvalue weighted by Gasteiger charge is -2.09. The number of hydrogen-bond donors (Lipinski definition) is 3. The third-order valence-corrected chi connectivity index (χ3v) is 3.31. The molecule has 120 valence electrons. The van der Waals surface area contributed by atoms with E-state index in [2.05, 4.69) is 16.0 Å². The highest BCUT2D eigenvalue weighted by Crippen LogP contribution is 2.13. The lowest BCUT2D eigenvalue weighted by molar-refractivity contribution is -0.119. The van der Waals surface area contributed by atoms with Crippen molar-refractivity contribution in [2.75, 3.05) is 17.2 Å². The monoisotopic (exact) mass is 331 g/mol. The zero-order valence-electron chi connectivity index (χ0n) is 12.7. The average molecular weight is 332 g/mol. The van der Waals surface area contributed by atoms with Gasteiger partial charge in [-0.05, 0) is 42.0 Å². The standard InChI is InChI=1S/C17H18ClN3O2/c1-12(22)21-16-8-6-15(7-9-16)19-11-17(23)20-10-13-2-4-14(18)5-3-13/h2-9,19H,10-11H2,1H3,(H,20,23)(H,21,22). The van der Waals surface area contributed by atoms with Gasteiger partial charge in [0.1, 0.15) is 0 Å². The maximum Gasteiger partial charge on any atom is 0.239 e. The van der Waals surface area contributed by atoms with Crippen LogP contribution in [-0.4, -0.2) is 18.4 Å². The number of rotatable bonds is 6. The van der Waals surface area contributed by atoms with Crippen LogP contribution in [0.3, 0.4) is 0 Å². The van der Waals surface area contributed by atoms with Crippen molar-refractivity contribution in [2.24, 2.45) is 0 Å². The fourth-order valence-corrected chi connectivity index (χ4v) is 2.05. The molecule has 2 amide bonds. The molecule has 0 unspecified atom stereocenters. The molecule has 5 nitrogen and oxygen atoms in total. The Labute approximate surface area is 140 Å². The summed E-state index contributed by atoms with van der Waals surface area (Å²) in [4.78, 5) is 22.7. The molecule has 0 aliphatic rings. The highest BCUT2D eigenvalue weighted by Gasteiger charge is 2.02. The Hall–Kier alpha value is -2.53. The quantitative estimate of drug-likeness (QED) is 0.762. The van der Waals surface area contributed by atoms with Crippen LogP contribution in [0.2, 0.25) is 5.02 Å². The Bertz CT molecular complexity index is 669. The molecule has 0 spiro atoms. The van der Waals surface area contributed by atoms with Gasteiger partial charge in [0, 0.05) is 29.9 Å². The Morgan fingerprint density at radius 3 is 2.17 bits per heavy atom. The third-order valence-electron chi connectivity index (χ3n) is 3.06. The van der Waals surface area contributed by atoms with Crippen molar-refractivity contribution in [1.82, 2.24) is 5.32 Å². The van der Waals surface area contributed by atoms with E-state index in [1.54, 1.807) is 36.4 Å². The zero-order valence-corrected chi connectivity index (χ0v) is 13.5. The predicted octanol–water partition coefficient (Wildman–Crippen LogP) is 3.03. The molecule has 0 fully saturated rings. The minimum Gasteiger partial charge on any atom is -0.376 e. The number of hydrogen-bond acceptors (Lipinski definition) is 3. The van der Waals surface area contributed by atoms with E-state index >= 15 is 0 Å². The van der Waals surface area contributed by atoms with E-state index in [1.165, 1.54) is 6.92 Å². The number of nitrogens with one attached hydrogen (secondary N) is 3. The summed E-state index contributed by atoms with van der Waals surface area (Å²) in [5, 5.41) is 9.20. The van der Waals surface area contributed by atoms with E-state index in [9.17, 15) is 9.59 Å². The van der Waals surface area contributed by atoms with Crippen molar-refractivity contribution >= 4 is 34.8 Å². The van der Waals surface area contributed by atoms with Gasteiger partial charge in [-0.2, -0.15) is 0 Å². The van der Waals surface area contributed by atoms with Gasteiger partial charge < -0.3 is 16.0 Å². The van der Waals surface area contributed by atoms with Gasteiger partial charge in [-0.25, -0.2) is 0 Å². The van der Waals surface area contributed by atoms with Crippen LogP contribution in [0.15, 0.2) is 48.5 Å². The SMILES string of the molecule is CC(=O)Nc1ccc(NCC(=O)NCc2ccc(Cl)cc2)cc1. The van der Waals surface area contributed by atoms with E-state index in [-0.39, 0.29) is 18.4 Å². The van der Waals surface area contributed by atoms with E-state index in [0.29, 0.717) is 11.6 Å². The zero-order chi connectivity index (χ0) is 16.7. The van der Waals surface area contributed by atoms with Gasteiger partial charge >= 0.3 is 0 Å². The Balaban J connectivity index is 1.75. The highest BCUT2D eigenvalue weighted by atomic mass is 35.5. The Morgan fingerprint density at radius 2 is 1.57 bits per heavy atom. The minimum atomic E-state index is -0.118. The number of carbonyl (C=O) groups is 2. The summed E-state index contributed by atoms with van der Waals surface area (Å²) in [6.45, 7) is 2.09. The van der Waals surface area contributed by atoms with Crippen LogP contribution in [0.1, 0.15) is 12.5 Å². The molecule has 0 atom stereocenters. The summed E-state index contributed by atoms with van der Waals surface area (Å²) in [5.41, 5.74) is 2.51. The van der Waals surface area contributed by atoms with Crippen molar-refractivity contribution in [3.8, 4) is 0 Å². The predicted molar refractivity (Wildman–Crippen MR) is 92.5 cm³/mol. The van der Waals surface area contributed by atoms with E-state index < -0.39 is 0 Å². The molecule has 0 saturated heterocycles. The van der Waals surface area contributed by atoms with Crippen molar-refractivity contribution in [3.63, 3.8) is 0 Å². The smallest absolute Gasteiger partial charge is 0.239 e. The molecule has 0 heterocycles. The number of anilines is 2. The van der Waals surface area contributed by atoms with Crippen LogP contribution < -0.4 is 16.0 Å². The third kappa shape index (κ3) is 6.00. The van der Waals surface area contributed by atoms with Crippen LogP contribution in [0.5, 0.6) is 0 Å². The fraction of sp³-hybridized carbons (Fsp3) is 0.176. The first-order valence-electron chi connectivity index (χ1n) is 7.15. The fourth-order valence-electron chi connectivity index (χ4n) is 1.92. The molecule has 2 rings (SSSR count). The second-order valence-corrected chi connectivity index (χ2v) is 5.45. The first-order chi connectivity index (χ1) is 11.0. The van der Waals surface area contributed by atoms with Crippen LogP contribution in [-0.2, 0) is 16.1 Å².